The van der Waals surface area contributed by atoms with E-state index < -0.39 is 5.97 Å². The van der Waals surface area contributed by atoms with E-state index in [2.05, 4.69) is 5.32 Å². The largest absolute Gasteiger partial charge is 0.481 e. The Hall–Kier alpha value is -1.30. The van der Waals surface area contributed by atoms with Crippen LogP contribution in [0.1, 0.15) is 33.1 Å². The van der Waals surface area contributed by atoms with Gasteiger partial charge in [-0.1, -0.05) is 0 Å². The van der Waals surface area contributed by atoms with E-state index in [1.165, 1.54) is 0 Å². The van der Waals surface area contributed by atoms with Crippen LogP contribution >= 0.6 is 0 Å². The topological polar surface area (TPSA) is 78.9 Å². The molecule has 1 atom stereocenters. The Morgan fingerprint density at radius 2 is 2.11 bits per heavy atom. The quantitative estimate of drug-likeness (QED) is 0.800. The molecule has 1 aliphatic heterocycles. The average molecular weight is 270 g/mol. The molecule has 1 saturated heterocycles. The zero-order chi connectivity index (χ0) is 14.0. The number of carboxylic acid groups (broad SMARTS) is 1. The Kier molecular flexibility index (Phi) is 3.99. The molecule has 2 fully saturated rings. The molecule has 1 heterocycles. The third kappa shape index (κ3) is 3.59. The van der Waals surface area contributed by atoms with Crippen LogP contribution in [0, 0.1) is 5.92 Å². The third-order valence-corrected chi connectivity index (χ3v) is 3.93. The van der Waals surface area contributed by atoms with Gasteiger partial charge in [-0.25, -0.2) is 4.79 Å². The van der Waals surface area contributed by atoms with E-state index in [9.17, 15) is 9.59 Å². The van der Waals surface area contributed by atoms with E-state index in [1.54, 1.807) is 4.90 Å². The molecule has 0 aromatic carbocycles. The molecule has 0 aromatic heterocycles. The summed E-state index contributed by atoms with van der Waals surface area (Å²) in [7, 11) is 0. The van der Waals surface area contributed by atoms with Gasteiger partial charge >= 0.3 is 12.0 Å². The van der Waals surface area contributed by atoms with Gasteiger partial charge in [-0.05, 0) is 32.6 Å². The molecule has 0 aromatic rings. The van der Waals surface area contributed by atoms with Crippen molar-refractivity contribution >= 4 is 12.0 Å². The number of rotatable bonds is 4. The number of morpholine rings is 1. The molecule has 2 amide bonds. The van der Waals surface area contributed by atoms with Crippen molar-refractivity contribution in [3.05, 3.63) is 0 Å². The number of hydrogen-bond acceptors (Lipinski definition) is 3. The van der Waals surface area contributed by atoms with Gasteiger partial charge in [0.2, 0.25) is 0 Å². The van der Waals surface area contributed by atoms with E-state index in [1.807, 2.05) is 13.8 Å². The molecule has 2 N–H and O–H groups in total. The Bertz CT molecular complexity index is 366. The SMILES string of the molecule is CC(C)(NC(=O)N1CCOCC1CC(=O)O)C1CC1. The first-order chi connectivity index (χ1) is 8.90. The Balaban J connectivity index is 1.96. The maximum absolute atomic E-state index is 12.3. The van der Waals surface area contributed by atoms with Crippen molar-refractivity contribution in [1.82, 2.24) is 10.2 Å². The second-order valence-electron chi connectivity index (χ2n) is 5.95. The fourth-order valence-corrected chi connectivity index (χ4v) is 2.55. The number of aliphatic carboxylic acids is 1. The summed E-state index contributed by atoms with van der Waals surface area (Å²) in [6.07, 6.45) is 2.22. The molecule has 2 aliphatic rings. The molecule has 1 aliphatic carbocycles. The van der Waals surface area contributed by atoms with Crippen LogP contribution in [0.4, 0.5) is 4.79 Å². The number of ether oxygens (including phenoxy) is 1. The number of urea groups is 1. The molecule has 0 radical (unpaired) electrons. The highest BCUT2D eigenvalue weighted by atomic mass is 16.5. The maximum atomic E-state index is 12.3. The van der Waals surface area contributed by atoms with Crippen LogP contribution in [-0.4, -0.2) is 53.3 Å². The molecule has 19 heavy (non-hydrogen) atoms. The fourth-order valence-electron chi connectivity index (χ4n) is 2.55. The molecule has 2 rings (SSSR count). The van der Waals surface area contributed by atoms with Gasteiger partial charge in [-0.2, -0.15) is 0 Å². The molecule has 0 spiro atoms. The molecule has 108 valence electrons. The van der Waals surface area contributed by atoms with Crippen LogP contribution in [0.2, 0.25) is 0 Å². The lowest BCUT2D eigenvalue weighted by atomic mass is 9.99. The minimum Gasteiger partial charge on any atom is -0.481 e. The average Bonchev–Trinajstić information content (AvgIpc) is 3.12. The number of hydrogen-bond donors (Lipinski definition) is 2. The highest BCUT2D eigenvalue weighted by Crippen LogP contribution is 2.39. The van der Waals surface area contributed by atoms with Gasteiger partial charge in [0.05, 0.1) is 25.7 Å². The Morgan fingerprint density at radius 3 is 2.68 bits per heavy atom. The van der Waals surface area contributed by atoms with Gasteiger partial charge in [0.1, 0.15) is 0 Å². The predicted molar refractivity (Wildman–Crippen MR) is 68.9 cm³/mol. The summed E-state index contributed by atoms with van der Waals surface area (Å²) in [4.78, 5) is 24.7. The summed E-state index contributed by atoms with van der Waals surface area (Å²) in [5.41, 5.74) is -0.219. The van der Waals surface area contributed by atoms with Crippen LogP contribution in [0.3, 0.4) is 0 Å². The first-order valence-corrected chi connectivity index (χ1v) is 6.78. The lowest BCUT2D eigenvalue weighted by Crippen LogP contribution is -2.57. The van der Waals surface area contributed by atoms with Crippen LogP contribution < -0.4 is 5.32 Å². The number of carbonyl (C=O) groups excluding carboxylic acids is 1. The standard InChI is InChI=1S/C13H22N2O4/c1-13(2,9-3-4-9)14-12(18)15-5-6-19-8-10(15)7-11(16)17/h9-10H,3-8H2,1-2H3,(H,14,18)(H,16,17). The van der Waals surface area contributed by atoms with Crippen LogP contribution in [0.25, 0.3) is 0 Å². The second kappa shape index (κ2) is 5.36. The second-order valence-corrected chi connectivity index (χ2v) is 5.95. The van der Waals surface area contributed by atoms with E-state index in [0.717, 1.165) is 12.8 Å². The molecule has 0 bridgehead atoms. The van der Waals surface area contributed by atoms with Gasteiger partial charge in [-0.15, -0.1) is 0 Å². The van der Waals surface area contributed by atoms with E-state index in [4.69, 9.17) is 9.84 Å². The van der Waals surface area contributed by atoms with Gasteiger partial charge in [0.25, 0.3) is 0 Å². The number of carboxylic acids is 1. The zero-order valence-corrected chi connectivity index (χ0v) is 11.5. The summed E-state index contributed by atoms with van der Waals surface area (Å²) in [5, 5.41) is 11.9. The lowest BCUT2D eigenvalue weighted by Gasteiger charge is -2.37. The van der Waals surface area contributed by atoms with Gasteiger partial charge < -0.3 is 20.1 Å². The summed E-state index contributed by atoms with van der Waals surface area (Å²) >= 11 is 0. The van der Waals surface area contributed by atoms with E-state index in [-0.39, 0.29) is 24.0 Å². The van der Waals surface area contributed by atoms with Gasteiger partial charge in [0, 0.05) is 12.1 Å². The molecule has 1 unspecified atom stereocenters. The lowest BCUT2D eigenvalue weighted by molar-refractivity contribution is -0.139. The van der Waals surface area contributed by atoms with Crippen molar-refractivity contribution in [3.8, 4) is 0 Å². The van der Waals surface area contributed by atoms with Gasteiger partial charge in [0.15, 0.2) is 0 Å². The van der Waals surface area contributed by atoms with E-state index in [0.29, 0.717) is 25.7 Å². The first-order valence-electron chi connectivity index (χ1n) is 6.78. The van der Waals surface area contributed by atoms with Gasteiger partial charge in [-0.3, -0.25) is 4.79 Å². The summed E-state index contributed by atoms with van der Waals surface area (Å²) < 4.78 is 5.27. The number of nitrogens with zero attached hydrogens (tertiary/aromatic N) is 1. The monoisotopic (exact) mass is 270 g/mol. The van der Waals surface area contributed by atoms with Crippen LogP contribution in [0.15, 0.2) is 0 Å². The van der Waals surface area contributed by atoms with Crippen molar-refractivity contribution in [2.75, 3.05) is 19.8 Å². The van der Waals surface area contributed by atoms with Crippen molar-refractivity contribution in [1.29, 1.82) is 0 Å². The predicted octanol–water partition coefficient (Wildman–Crippen LogP) is 1.06. The van der Waals surface area contributed by atoms with E-state index >= 15 is 0 Å². The van der Waals surface area contributed by atoms with Crippen molar-refractivity contribution < 1.29 is 19.4 Å². The summed E-state index contributed by atoms with van der Waals surface area (Å²) in [6.45, 7) is 5.26. The highest BCUT2D eigenvalue weighted by Gasteiger charge is 2.40. The first kappa shape index (κ1) is 14.1. The highest BCUT2D eigenvalue weighted by molar-refractivity contribution is 5.77. The minimum absolute atomic E-state index is 0.0721. The van der Waals surface area contributed by atoms with Crippen molar-refractivity contribution in [2.24, 2.45) is 5.92 Å². The van der Waals surface area contributed by atoms with Crippen LogP contribution in [-0.2, 0) is 9.53 Å². The van der Waals surface area contributed by atoms with Crippen molar-refractivity contribution in [2.45, 2.75) is 44.7 Å². The fraction of sp³-hybridized carbons (Fsp3) is 0.846. The Morgan fingerprint density at radius 1 is 1.42 bits per heavy atom. The maximum Gasteiger partial charge on any atom is 0.318 e. The molecule has 6 heteroatoms. The summed E-state index contributed by atoms with van der Waals surface area (Å²) in [5.74, 6) is -0.370. The third-order valence-electron chi connectivity index (χ3n) is 3.93. The van der Waals surface area contributed by atoms with Crippen LogP contribution in [0.5, 0.6) is 0 Å². The zero-order valence-electron chi connectivity index (χ0n) is 11.5. The minimum atomic E-state index is -0.908. The summed E-state index contributed by atoms with van der Waals surface area (Å²) in [6, 6.07) is -0.548. The molecule has 6 nitrogen and oxygen atoms in total. The number of carbonyl (C=O) groups is 2. The normalized spacial score (nSPS) is 24.1. The molecule has 1 saturated carbocycles. The smallest absolute Gasteiger partial charge is 0.318 e. The molecular weight excluding hydrogens is 248 g/mol. The number of amides is 2. The molecular formula is C13H22N2O4. The number of nitrogens with one attached hydrogen (secondary N) is 1. The van der Waals surface area contributed by atoms with Crippen molar-refractivity contribution in [3.63, 3.8) is 0 Å². The Labute approximate surface area is 113 Å².